The van der Waals surface area contributed by atoms with Crippen molar-refractivity contribution in [2.45, 2.75) is 19.6 Å². The van der Waals surface area contributed by atoms with Crippen molar-refractivity contribution >= 4 is 22.6 Å². The predicted octanol–water partition coefficient (Wildman–Crippen LogP) is 3.79. The van der Waals surface area contributed by atoms with Gasteiger partial charge in [-0.3, -0.25) is 0 Å². The topological polar surface area (TPSA) is 53.1 Å². The molecule has 0 saturated heterocycles. The molecule has 2 N–H and O–H groups in total. The van der Waals surface area contributed by atoms with E-state index in [0.29, 0.717) is 18.2 Å². The Balaban J connectivity index is 1.90. The van der Waals surface area contributed by atoms with Gasteiger partial charge in [0.1, 0.15) is 18.2 Å². The molecule has 0 spiro atoms. The monoisotopic (exact) mass is 315 g/mol. The van der Waals surface area contributed by atoms with E-state index in [4.69, 9.17) is 22.1 Å². The van der Waals surface area contributed by atoms with E-state index < -0.39 is 0 Å². The van der Waals surface area contributed by atoms with Crippen LogP contribution in [0.4, 0.5) is 0 Å². The van der Waals surface area contributed by atoms with Crippen LogP contribution in [0.2, 0.25) is 5.02 Å². The number of hydrogen-bond donors (Lipinski definition) is 1. The minimum absolute atomic E-state index is 0.163. The lowest BCUT2D eigenvalue weighted by molar-refractivity contribution is 0.286. The van der Waals surface area contributed by atoms with Gasteiger partial charge in [0.2, 0.25) is 0 Å². The second-order valence-electron chi connectivity index (χ2n) is 5.21. The van der Waals surface area contributed by atoms with Gasteiger partial charge in [-0.15, -0.1) is 0 Å². The molecule has 3 rings (SSSR count). The fourth-order valence-corrected chi connectivity index (χ4v) is 2.60. The molecule has 4 nitrogen and oxygen atoms in total. The van der Waals surface area contributed by atoms with E-state index >= 15 is 0 Å². The minimum Gasteiger partial charge on any atom is -0.486 e. The summed E-state index contributed by atoms with van der Waals surface area (Å²) in [4.78, 5) is 4.67. The lowest BCUT2D eigenvalue weighted by Gasteiger charge is -2.16. The van der Waals surface area contributed by atoms with E-state index in [-0.39, 0.29) is 6.04 Å². The molecule has 0 saturated carbocycles. The predicted molar refractivity (Wildman–Crippen MR) is 89.3 cm³/mol. The van der Waals surface area contributed by atoms with Gasteiger partial charge in [-0.2, -0.15) is 0 Å². The Morgan fingerprint density at radius 1 is 1.18 bits per heavy atom. The van der Waals surface area contributed by atoms with Gasteiger partial charge in [0.15, 0.2) is 0 Å². The first-order valence-corrected chi connectivity index (χ1v) is 7.61. The zero-order valence-electron chi connectivity index (χ0n) is 12.4. The summed E-state index contributed by atoms with van der Waals surface area (Å²) in [5.74, 6) is 1.64. The molecule has 1 atom stereocenters. The fourth-order valence-electron chi connectivity index (χ4n) is 2.47. The summed E-state index contributed by atoms with van der Waals surface area (Å²) in [6, 6.07) is 15.5. The zero-order chi connectivity index (χ0) is 15.5. The quantitative estimate of drug-likeness (QED) is 0.779. The third-order valence-corrected chi connectivity index (χ3v) is 3.88. The van der Waals surface area contributed by atoms with E-state index in [1.807, 2.05) is 42.5 Å². The molecular formula is C17H18ClN3O. The van der Waals surface area contributed by atoms with E-state index in [2.05, 4.69) is 22.5 Å². The molecule has 1 heterocycles. The Kier molecular flexibility index (Phi) is 4.32. The minimum atomic E-state index is 0.163. The van der Waals surface area contributed by atoms with Crippen molar-refractivity contribution in [1.29, 1.82) is 0 Å². The summed E-state index contributed by atoms with van der Waals surface area (Å²) in [6.45, 7) is 3.02. The molecule has 0 aliphatic heterocycles. The molecule has 0 aliphatic rings. The van der Waals surface area contributed by atoms with Crippen LogP contribution < -0.4 is 10.5 Å². The number of rotatable bonds is 5. The molecule has 5 heteroatoms. The molecule has 1 unspecified atom stereocenters. The lowest BCUT2D eigenvalue weighted by Crippen LogP contribution is -2.19. The third-order valence-electron chi connectivity index (χ3n) is 3.63. The van der Waals surface area contributed by atoms with Gasteiger partial charge < -0.3 is 15.0 Å². The van der Waals surface area contributed by atoms with Gasteiger partial charge in [-0.25, -0.2) is 4.98 Å². The maximum absolute atomic E-state index is 5.88. The molecule has 0 fully saturated rings. The highest BCUT2D eigenvalue weighted by Gasteiger charge is 2.15. The van der Waals surface area contributed by atoms with Crippen molar-refractivity contribution in [3.05, 3.63) is 59.4 Å². The SMILES string of the molecule is CC(CN)n1c(COc2ccc(Cl)cc2)nc2ccccc21. The number of para-hydroxylation sites is 2. The summed E-state index contributed by atoms with van der Waals surface area (Å²) in [7, 11) is 0. The number of aromatic nitrogens is 2. The van der Waals surface area contributed by atoms with Crippen molar-refractivity contribution in [2.24, 2.45) is 5.73 Å². The number of benzene rings is 2. The number of fused-ring (bicyclic) bond motifs is 1. The van der Waals surface area contributed by atoms with Crippen LogP contribution in [0.3, 0.4) is 0 Å². The Bertz CT molecular complexity index is 767. The Morgan fingerprint density at radius 2 is 1.91 bits per heavy atom. The fraction of sp³-hybridized carbons (Fsp3) is 0.235. The van der Waals surface area contributed by atoms with Gasteiger partial charge in [-0.1, -0.05) is 23.7 Å². The molecule has 0 aliphatic carbocycles. The Hall–Kier alpha value is -2.04. The summed E-state index contributed by atoms with van der Waals surface area (Å²) in [6.07, 6.45) is 0. The summed E-state index contributed by atoms with van der Waals surface area (Å²) >= 11 is 5.88. The third kappa shape index (κ3) is 2.93. The summed E-state index contributed by atoms with van der Waals surface area (Å²) in [5.41, 5.74) is 7.88. The molecule has 1 aromatic heterocycles. The van der Waals surface area contributed by atoms with Crippen molar-refractivity contribution in [2.75, 3.05) is 6.54 Å². The normalized spacial score (nSPS) is 12.5. The Morgan fingerprint density at radius 3 is 2.64 bits per heavy atom. The van der Waals surface area contributed by atoms with Gasteiger partial charge in [0.25, 0.3) is 0 Å². The lowest BCUT2D eigenvalue weighted by atomic mass is 10.2. The van der Waals surface area contributed by atoms with Gasteiger partial charge in [-0.05, 0) is 43.3 Å². The van der Waals surface area contributed by atoms with Crippen LogP contribution in [-0.4, -0.2) is 16.1 Å². The molecule has 0 amide bonds. The first kappa shape index (κ1) is 14.9. The van der Waals surface area contributed by atoms with E-state index in [1.165, 1.54) is 0 Å². The van der Waals surface area contributed by atoms with Gasteiger partial charge in [0.05, 0.1) is 11.0 Å². The molecule has 3 aromatic rings. The molecule has 2 aromatic carbocycles. The number of imidazole rings is 1. The number of nitrogens with two attached hydrogens (primary N) is 1. The average Bonchev–Trinajstić information content (AvgIpc) is 2.92. The van der Waals surface area contributed by atoms with Crippen molar-refractivity contribution < 1.29 is 4.74 Å². The summed E-state index contributed by atoms with van der Waals surface area (Å²) < 4.78 is 7.97. The van der Waals surface area contributed by atoms with Gasteiger partial charge in [0, 0.05) is 17.6 Å². The summed E-state index contributed by atoms with van der Waals surface area (Å²) in [5, 5.41) is 0.691. The number of halogens is 1. The van der Waals surface area contributed by atoms with Crippen LogP contribution in [0, 0.1) is 0 Å². The second-order valence-corrected chi connectivity index (χ2v) is 5.65. The Labute approximate surface area is 134 Å². The van der Waals surface area contributed by atoms with Crippen molar-refractivity contribution in [3.8, 4) is 5.75 Å². The second kappa shape index (κ2) is 6.38. The van der Waals surface area contributed by atoms with E-state index in [1.54, 1.807) is 0 Å². The zero-order valence-corrected chi connectivity index (χ0v) is 13.1. The van der Waals surface area contributed by atoms with Crippen LogP contribution in [-0.2, 0) is 6.61 Å². The van der Waals surface area contributed by atoms with Crippen LogP contribution in [0.5, 0.6) is 5.75 Å². The average molecular weight is 316 g/mol. The standard InChI is InChI=1S/C17H18ClN3O/c1-12(10-19)21-16-5-3-2-4-15(16)20-17(21)11-22-14-8-6-13(18)7-9-14/h2-9,12H,10-11,19H2,1H3. The maximum atomic E-state index is 5.88. The van der Waals surface area contributed by atoms with Crippen LogP contribution in [0.15, 0.2) is 48.5 Å². The van der Waals surface area contributed by atoms with E-state index in [9.17, 15) is 0 Å². The number of ether oxygens (including phenoxy) is 1. The molecular weight excluding hydrogens is 298 g/mol. The smallest absolute Gasteiger partial charge is 0.148 e. The van der Waals surface area contributed by atoms with Crippen LogP contribution >= 0.6 is 11.6 Å². The van der Waals surface area contributed by atoms with E-state index in [0.717, 1.165) is 22.6 Å². The molecule has 0 radical (unpaired) electrons. The first-order chi connectivity index (χ1) is 10.7. The van der Waals surface area contributed by atoms with Crippen molar-refractivity contribution in [3.63, 3.8) is 0 Å². The molecule has 114 valence electrons. The highest BCUT2D eigenvalue weighted by molar-refractivity contribution is 6.30. The highest BCUT2D eigenvalue weighted by atomic mass is 35.5. The maximum Gasteiger partial charge on any atom is 0.148 e. The van der Waals surface area contributed by atoms with Crippen LogP contribution in [0.1, 0.15) is 18.8 Å². The largest absolute Gasteiger partial charge is 0.486 e. The van der Waals surface area contributed by atoms with Crippen LogP contribution in [0.25, 0.3) is 11.0 Å². The van der Waals surface area contributed by atoms with Crippen molar-refractivity contribution in [1.82, 2.24) is 9.55 Å². The highest BCUT2D eigenvalue weighted by Crippen LogP contribution is 2.22. The molecule has 22 heavy (non-hydrogen) atoms. The number of nitrogens with zero attached hydrogens (tertiary/aromatic N) is 2. The first-order valence-electron chi connectivity index (χ1n) is 7.23. The molecule has 0 bridgehead atoms. The van der Waals surface area contributed by atoms with Gasteiger partial charge >= 0.3 is 0 Å². The number of hydrogen-bond acceptors (Lipinski definition) is 3.